The van der Waals surface area contributed by atoms with Gasteiger partial charge in [0.2, 0.25) is 0 Å². The molecule has 0 heterocycles. The Bertz CT molecular complexity index is 3410. The molecular weight excluding hydrogens is 1300 g/mol. The molecule has 0 saturated heterocycles. The van der Waals surface area contributed by atoms with Gasteiger partial charge in [-0.2, -0.15) is 0 Å². The third-order valence-corrected chi connectivity index (χ3v) is 15.6. The van der Waals surface area contributed by atoms with E-state index in [2.05, 4.69) is 18.2 Å². The smallest absolute Gasteiger partial charge is 0.189 e. The highest BCUT2D eigenvalue weighted by molar-refractivity contribution is 5.83. The summed E-state index contributed by atoms with van der Waals surface area (Å²) >= 11 is 0. The van der Waals surface area contributed by atoms with E-state index < -0.39 is 0 Å². The first-order valence-corrected chi connectivity index (χ1v) is 34.3. The molecule has 0 spiro atoms. The van der Waals surface area contributed by atoms with Crippen molar-refractivity contribution in [1.82, 2.24) is 0 Å². The minimum Gasteiger partial charge on any atom is -0.489 e. The van der Waals surface area contributed by atoms with Crippen LogP contribution in [-0.2, 0) is 68.1 Å². The van der Waals surface area contributed by atoms with Crippen LogP contribution in [0, 0.1) is 0 Å². The Hall–Kier alpha value is -10.4. The molecule has 102 heavy (non-hydrogen) atoms. The van der Waals surface area contributed by atoms with Gasteiger partial charge in [0.05, 0.1) is 0 Å². The van der Waals surface area contributed by atoms with Crippen LogP contribution < -0.4 is 56.8 Å². The standard InChI is InChI=1S/C84H90O18/c1-7-85-55-97-73-25-13-61(14-26-73)49-91-79-40-70(41-80(46-79)92-50-62-15-27-74(28-16-62)98-56-86-8-2)67-37-68(71-42-81(93-51-63-17-29-75(30-18-63)99-57-87-9-3)47-82(43-71)94-52-64-19-31-76(32-20-64)100-58-88-10-4)39-69(38-67)72-44-83(95-53-65-21-33-77(34-22-65)101-59-89-11-5)48-84(45-72)96-54-66-23-35-78(36-24-66)102-60-90-12-6/h13-48H,7-12,49-60H2,1-6H3. The molecular formula is C84H90O18. The molecule has 534 valence electrons. The van der Waals surface area contributed by atoms with E-state index >= 15 is 0 Å². The fraction of sp³-hybridized carbons (Fsp3) is 0.286. The van der Waals surface area contributed by atoms with Crippen LogP contribution in [0.25, 0.3) is 33.4 Å². The van der Waals surface area contributed by atoms with E-state index in [9.17, 15) is 0 Å². The molecule has 0 aliphatic heterocycles. The number of hydrogen-bond acceptors (Lipinski definition) is 18. The molecule has 10 aromatic rings. The summed E-state index contributed by atoms with van der Waals surface area (Å²) in [5, 5.41) is 0. The monoisotopic (exact) mass is 1390 g/mol. The van der Waals surface area contributed by atoms with E-state index in [-0.39, 0.29) is 80.4 Å². The molecule has 18 heteroatoms. The Labute approximate surface area is 598 Å². The molecule has 0 fully saturated rings. The Morgan fingerprint density at radius 2 is 0.304 bits per heavy atom. The second kappa shape index (κ2) is 40.7. The van der Waals surface area contributed by atoms with Crippen molar-refractivity contribution in [3.05, 3.63) is 252 Å². The second-order valence-electron chi connectivity index (χ2n) is 23.0. The van der Waals surface area contributed by atoms with E-state index in [1.165, 1.54) is 0 Å². The molecule has 0 radical (unpaired) electrons. The quantitative estimate of drug-likeness (QED) is 0.0261. The van der Waals surface area contributed by atoms with Crippen LogP contribution in [0.15, 0.2) is 218 Å². The number of hydrogen-bond donors (Lipinski definition) is 0. The van der Waals surface area contributed by atoms with Gasteiger partial charge in [-0.3, -0.25) is 0 Å². The highest BCUT2D eigenvalue weighted by Gasteiger charge is 2.17. The average molecular weight is 1390 g/mol. The topological polar surface area (TPSA) is 166 Å². The third kappa shape index (κ3) is 24.4. The summed E-state index contributed by atoms with van der Waals surface area (Å²) in [7, 11) is 0. The average Bonchev–Trinajstić information content (AvgIpc) is 0.784. The normalized spacial score (nSPS) is 11.0. The van der Waals surface area contributed by atoms with Gasteiger partial charge >= 0.3 is 0 Å². The number of benzene rings is 10. The van der Waals surface area contributed by atoms with Crippen molar-refractivity contribution in [2.24, 2.45) is 0 Å². The molecule has 0 atom stereocenters. The van der Waals surface area contributed by atoms with Crippen molar-refractivity contribution in [1.29, 1.82) is 0 Å². The van der Waals surface area contributed by atoms with Crippen LogP contribution in [-0.4, -0.2) is 80.4 Å². The van der Waals surface area contributed by atoms with Gasteiger partial charge < -0.3 is 85.3 Å². The minimum atomic E-state index is 0.159. The molecule has 0 unspecified atom stereocenters. The Morgan fingerprint density at radius 3 is 0.451 bits per heavy atom. The molecule has 0 amide bonds. The highest BCUT2D eigenvalue weighted by Crippen LogP contribution is 2.41. The van der Waals surface area contributed by atoms with E-state index in [1.807, 2.05) is 242 Å². The summed E-state index contributed by atoms with van der Waals surface area (Å²) in [6.45, 7) is 17.3. The van der Waals surface area contributed by atoms with Gasteiger partial charge in [-0.25, -0.2) is 0 Å². The minimum absolute atomic E-state index is 0.159. The molecule has 0 aliphatic carbocycles. The largest absolute Gasteiger partial charge is 0.489 e. The van der Waals surface area contributed by atoms with E-state index in [1.54, 1.807) is 0 Å². The Morgan fingerprint density at radius 1 is 0.157 bits per heavy atom. The van der Waals surface area contributed by atoms with Gasteiger partial charge in [0.25, 0.3) is 0 Å². The van der Waals surface area contributed by atoms with E-state index in [0.717, 1.165) is 66.8 Å². The van der Waals surface area contributed by atoms with Crippen molar-refractivity contribution in [2.75, 3.05) is 80.4 Å². The van der Waals surface area contributed by atoms with Crippen molar-refractivity contribution in [2.45, 2.75) is 81.2 Å². The summed E-state index contributed by atoms with van der Waals surface area (Å²) in [5.41, 5.74) is 10.5. The van der Waals surface area contributed by atoms with Crippen LogP contribution in [0.2, 0.25) is 0 Å². The van der Waals surface area contributed by atoms with Crippen molar-refractivity contribution >= 4 is 0 Å². The predicted octanol–water partition coefficient (Wildman–Crippen LogP) is 18.4. The lowest BCUT2D eigenvalue weighted by atomic mass is 9.92. The Balaban J connectivity index is 1.07. The van der Waals surface area contributed by atoms with Gasteiger partial charge in [-0.05, 0) is 236 Å². The third-order valence-electron chi connectivity index (χ3n) is 15.6. The van der Waals surface area contributed by atoms with Gasteiger partial charge in [-0.1, -0.05) is 72.8 Å². The van der Waals surface area contributed by atoms with Crippen molar-refractivity contribution in [3.63, 3.8) is 0 Å². The zero-order valence-corrected chi connectivity index (χ0v) is 58.9. The van der Waals surface area contributed by atoms with Crippen LogP contribution in [0.4, 0.5) is 0 Å². The molecule has 0 aliphatic rings. The lowest BCUT2D eigenvalue weighted by Crippen LogP contribution is -2.03. The molecule has 0 bridgehead atoms. The van der Waals surface area contributed by atoms with Crippen LogP contribution in [0.3, 0.4) is 0 Å². The maximum Gasteiger partial charge on any atom is 0.189 e. The number of rotatable bonds is 45. The summed E-state index contributed by atoms with van der Waals surface area (Å²) in [5.74, 6) is 7.60. The first kappa shape index (κ1) is 74.3. The first-order valence-electron chi connectivity index (χ1n) is 34.3. The molecule has 0 saturated carbocycles. The van der Waals surface area contributed by atoms with Gasteiger partial charge in [0.15, 0.2) is 40.8 Å². The fourth-order valence-electron chi connectivity index (χ4n) is 10.1. The summed E-state index contributed by atoms with van der Waals surface area (Å²) < 4.78 is 108. The van der Waals surface area contributed by atoms with Crippen LogP contribution in [0.5, 0.6) is 69.0 Å². The summed E-state index contributed by atoms with van der Waals surface area (Å²) in [6.07, 6.45) is 0. The van der Waals surface area contributed by atoms with Gasteiger partial charge in [0.1, 0.15) is 109 Å². The molecule has 0 N–H and O–H groups in total. The zero-order chi connectivity index (χ0) is 70.8. The lowest BCUT2D eigenvalue weighted by Gasteiger charge is -2.18. The van der Waals surface area contributed by atoms with Gasteiger partial charge in [0, 0.05) is 57.8 Å². The van der Waals surface area contributed by atoms with E-state index in [4.69, 9.17) is 85.3 Å². The maximum absolute atomic E-state index is 6.72. The van der Waals surface area contributed by atoms with Crippen LogP contribution in [0.1, 0.15) is 74.9 Å². The van der Waals surface area contributed by atoms with Gasteiger partial charge in [-0.15, -0.1) is 0 Å². The lowest BCUT2D eigenvalue weighted by molar-refractivity contribution is 0.0221. The fourth-order valence-corrected chi connectivity index (χ4v) is 10.1. The van der Waals surface area contributed by atoms with Crippen molar-refractivity contribution in [3.8, 4) is 102 Å². The molecule has 0 aromatic heterocycles. The van der Waals surface area contributed by atoms with E-state index in [0.29, 0.717) is 109 Å². The number of ether oxygens (including phenoxy) is 18. The zero-order valence-electron chi connectivity index (χ0n) is 58.9. The summed E-state index contributed by atoms with van der Waals surface area (Å²) in [4.78, 5) is 0. The maximum atomic E-state index is 6.72. The molecule has 10 aromatic carbocycles. The highest BCUT2D eigenvalue weighted by atomic mass is 16.7. The van der Waals surface area contributed by atoms with Crippen molar-refractivity contribution < 1.29 is 85.3 Å². The predicted molar refractivity (Wildman–Crippen MR) is 390 cm³/mol. The summed E-state index contributed by atoms with van der Waals surface area (Å²) in [6, 6.07) is 70.9. The molecule has 18 nitrogen and oxygen atoms in total. The Kier molecular flexibility index (Phi) is 29.6. The van der Waals surface area contributed by atoms with Crippen LogP contribution >= 0.6 is 0 Å². The first-order chi connectivity index (χ1) is 50.2. The molecule has 10 rings (SSSR count). The second-order valence-corrected chi connectivity index (χ2v) is 23.0. The SMILES string of the molecule is CCOCOc1ccc(COc2cc(OCc3ccc(OCOCC)cc3)cc(-c3cc(-c4cc(OCc5ccc(OCOCC)cc5)cc(OCc5ccc(OCOCC)cc5)c4)cc(-c4cc(OCc5ccc(OCOCC)cc5)cc(OCc5ccc(OCOCC)cc5)c4)c3)c2)cc1.